The number of nitrogens with zero attached hydrogens (tertiary/aromatic N) is 8. The second-order valence-corrected chi connectivity index (χ2v) is 17.4. The van der Waals surface area contributed by atoms with Crippen LogP contribution in [0, 0.1) is 5.82 Å². The van der Waals surface area contributed by atoms with Crippen molar-refractivity contribution in [1.29, 1.82) is 0 Å². The molecule has 15 nitrogen and oxygen atoms in total. The molecule has 10 rings (SSSR count). The fourth-order valence-corrected chi connectivity index (χ4v) is 9.30. The van der Waals surface area contributed by atoms with Crippen LogP contribution in [-0.4, -0.2) is 111 Å². The summed E-state index contributed by atoms with van der Waals surface area (Å²) in [7, 11) is 1.61. The number of pyridine rings is 6. The Hall–Kier alpha value is -5.81. The Morgan fingerprint density at radius 3 is 1.63 bits per heavy atom. The molecule has 0 aromatic carbocycles. The van der Waals surface area contributed by atoms with Crippen LogP contribution in [0.4, 0.5) is 4.39 Å². The van der Waals surface area contributed by atoms with Crippen molar-refractivity contribution < 1.29 is 18.6 Å². The number of aryl methyl sites for hydroxylation is 2. The summed E-state index contributed by atoms with van der Waals surface area (Å²) in [6.45, 7) is 9.82. The van der Waals surface area contributed by atoms with Gasteiger partial charge in [-0.25, -0.2) is 4.39 Å². The van der Waals surface area contributed by atoms with Gasteiger partial charge in [0, 0.05) is 111 Å². The van der Waals surface area contributed by atoms with Gasteiger partial charge in [-0.05, 0) is 89.7 Å². The lowest BCUT2D eigenvalue weighted by molar-refractivity contribution is 0.191. The lowest BCUT2D eigenvalue weighted by Crippen LogP contribution is -2.43. The van der Waals surface area contributed by atoms with Crippen molar-refractivity contribution in [3.05, 3.63) is 122 Å². The molecular weight excluding hydrogens is 828 g/mol. The van der Waals surface area contributed by atoms with Gasteiger partial charge in [0.15, 0.2) is 0 Å². The van der Waals surface area contributed by atoms with E-state index in [1.54, 1.807) is 40.6 Å². The first kappa shape index (κ1) is 44.4. The third-order valence-corrected chi connectivity index (χ3v) is 13.1. The number of methoxy groups -OCH3 is 1. The van der Waals surface area contributed by atoms with Crippen LogP contribution in [0.15, 0.2) is 82.9 Å². The van der Waals surface area contributed by atoms with Gasteiger partial charge < -0.3 is 43.8 Å². The van der Waals surface area contributed by atoms with Crippen LogP contribution >= 0.6 is 0 Å². The largest absolute Gasteiger partial charge is 0.495 e. The minimum atomic E-state index is -0.427. The number of hydrogen-bond acceptors (Lipinski definition) is 13. The zero-order chi connectivity index (χ0) is 44.5. The van der Waals surface area contributed by atoms with Gasteiger partial charge in [-0.15, -0.1) is 0 Å². The smallest absolute Gasteiger partial charge is 0.251 e. The van der Waals surface area contributed by atoms with E-state index in [-0.39, 0.29) is 11.1 Å². The zero-order valence-corrected chi connectivity index (χ0v) is 37.2. The number of likely N-dealkylation sites (tertiary alicyclic amines) is 2. The molecule has 6 aromatic heterocycles. The topological polar surface area (TPSA) is 154 Å². The summed E-state index contributed by atoms with van der Waals surface area (Å²) in [6.07, 6.45) is 15.3. The number of aromatic nitrogens is 6. The Balaban J connectivity index is 0.000000164. The van der Waals surface area contributed by atoms with Crippen LogP contribution in [0.25, 0.3) is 22.1 Å². The van der Waals surface area contributed by atoms with Crippen molar-refractivity contribution in [2.24, 2.45) is 0 Å². The van der Waals surface area contributed by atoms with E-state index in [0.29, 0.717) is 42.0 Å². The molecular formula is C49H59FN10O5. The predicted molar refractivity (Wildman–Crippen MR) is 247 cm³/mol. The lowest BCUT2D eigenvalue weighted by Gasteiger charge is -2.32. The molecule has 0 aliphatic carbocycles. The maximum absolute atomic E-state index is 13.7. The number of piperidine rings is 2. The van der Waals surface area contributed by atoms with Gasteiger partial charge in [0.1, 0.15) is 23.1 Å². The Kier molecular flexibility index (Phi) is 14.3. The molecule has 0 unspecified atom stereocenters. The van der Waals surface area contributed by atoms with Gasteiger partial charge >= 0.3 is 0 Å². The minimum Gasteiger partial charge on any atom is -0.495 e. The summed E-state index contributed by atoms with van der Waals surface area (Å²) in [5.74, 6) is 2.22. The minimum absolute atomic E-state index is 0.00404. The van der Waals surface area contributed by atoms with E-state index in [0.717, 1.165) is 151 Å². The van der Waals surface area contributed by atoms with Gasteiger partial charge in [0.2, 0.25) is 0 Å². The van der Waals surface area contributed by atoms with E-state index < -0.39 is 5.82 Å². The fraction of sp³-hybridized carbons (Fsp3) is 0.469. The summed E-state index contributed by atoms with van der Waals surface area (Å²) in [5.41, 5.74) is 7.17. The number of ether oxygens (including phenoxy) is 3. The molecule has 0 saturated carbocycles. The summed E-state index contributed by atoms with van der Waals surface area (Å²) >= 11 is 0. The van der Waals surface area contributed by atoms with Crippen molar-refractivity contribution >= 4 is 22.1 Å². The predicted octanol–water partition coefficient (Wildman–Crippen LogP) is 4.89. The van der Waals surface area contributed by atoms with Crippen molar-refractivity contribution in [3.8, 4) is 17.2 Å². The standard InChI is InChI=1S/C25H31N5O3.C24H28FN5O2/c1-32-21-14-23-22(28-17-21)4-5-25(31)30(23)11-10-29-8-6-19(7-9-29)27-16-20-13-24-18(15-26-20)3-2-12-33-24;25-18-12-22-21(28-15-18)3-4-24(31)30(22)10-9-29-7-5-19(6-8-29)27-16-20-13-23-17(14-26-20)2-1-11-32-23/h4-5,13-15,17,19,27H,2-3,6-12,16H2,1H3;3-4,12-15,19,27H,1-2,5-11,16H2. The van der Waals surface area contributed by atoms with Crippen LogP contribution in [0.3, 0.4) is 0 Å². The highest BCUT2D eigenvalue weighted by molar-refractivity contribution is 5.76. The summed E-state index contributed by atoms with van der Waals surface area (Å²) in [4.78, 5) is 47.3. The average Bonchev–Trinajstić information content (AvgIpc) is 3.35. The van der Waals surface area contributed by atoms with Crippen molar-refractivity contribution in [1.82, 2.24) is 49.5 Å². The number of fused-ring (bicyclic) bond motifs is 4. The van der Waals surface area contributed by atoms with Crippen LogP contribution in [0.5, 0.6) is 17.2 Å². The van der Waals surface area contributed by atoms with Gasteiger partial charge in [0.05, 0.1) is 66.2 Å². The Bertz CT molecular complexity index is 2700. The fourth-order valence-electron chi connectivity index (χ4n) is 9.30. The molecule has 2 N–H and O–H groups in total. The second-order valence-electron chi connectivity index (χ2n) is 17.4. The number of hydrogen-bond donors (Lipinski definition) is 2. The van der Waals surface area contributed by atoms with Crippen LogP contribution in [0.1, 0.15) is 61.0 Å². The average molecular weight is 887 g/mol. The second kappa shape index (κ2) is 21.0. The number of halogens is 1. The Labute approximate surface area is 378 Å². The third-order valence-electron chi connectivity index (χ3n) is 13.1. The van der Waals surface area contributed by atoms with Crippen molar-refractivity contribution in [2.75, 3.05) is 59.6 Å². The molecule has 0 bridgehead atoms. The van der Waals surface area contributed by atoms with E-state index in [1.165, 1.54) is 29.5 Å². The van der Waals surface area contributed by atoms with Gasteiger partial charge in [0.25, 0.3) is 11.1 Å². The maximum Gasteiger partial charge on any atom is 0.251 e. The summed E-state index contributed by atoms with van der Waals surface area (Å²) < 4.78 is 33.9. The SMILES string of the molecule is COc1cnc2ccc(=O)n(CCN3CCC(NCc4cc5c(cn4)CCCO5)CC3)c2c1.O=c1ccc2ncc(F)cc2n1CCN1CCC(NCc2cc3c(cn2)CCCO3)CC1. The molecule has 16 heteroatoms. The van der Waals surface area contributed by atoms with Crippen LogP contribution < -0.4 is 36.0 Å². The molecule has 0 atom stereocenters. The van der Waals surface area contributed by atoms with E-state index in [2.05, 4.69) is 52.5 Å². The van der Waals surface area contributed by atoms with Gasteiger partial charge in [-0.2, -0.15) is 0 Å². The van der Waals surface area contributed by atoms with E-state index in [1.807, 2.05) is 18.5 Å². The molecule has 0 radical (unpaired) electrons. The molecule has 342 valence electrons. The molecule has 0 amide bonds. The molecule has 4 aliphatic rings. The summed E-state index contributed by atoms with van der Waals surface area (Å²) in [5, 5.41) is 7.29. The Morgan fingerprint density at radius 1 is 0.631 bits per heavy atom. The van der Waals surface area contributed by atoms with E-state index >= 15 is 0 Å². The molecule has 2 fully saturated rings. The normalized spacial score (nSPS) is 17.1. The van der Waals surface area contributed by atoms with Crippen LogP contribution in [0.2, 0.25) is 0 Å². The molecule has 10 heterocycles. The molecule has 6 aromatic rings. The lowest BCUT2D eigenvalue weighted by atomic mass is 10.0. The third kappa shape index (κ3) is 11.2. The molecule has 0 spiro atoms. The first-order valence-corrected chi connectivity index (χ1v) is 23.2. The highest BCUT2D eigenvalue weighted by Crippen LogP contribution is 2.26. The first-order chi connectivity index (χ1) is 31.8. The van der Waals surface area contributed by atoms with Crippen LogP contribution in [-0.2, 0) is 39.0 Å². The zero-order valence-electron chi connectivity index (χ0n) is 37.2. The number of nitrogens with one attached hydrogen (secondary N) is 2. The Morgan fingerprint density at radius 2 is 1.12 bits per heavy atom. The van der Waals surface area contributed by atoms with Crippen molar-refractivity contribution in [3.63, 3.8) is 0 Å². The van der Waals surface area contributed by atoms with Gasteiger partial charge in [-0.3, -0.25) is 29.5 Å². The highest BCUT2D eigenvalue weighted by atomic mass is 19.1. The van der Waals surface area contributed by atoms with Gasteiger partial charge in [-0.1, -0.05) is 0 Å². The quantitative estimate of drug-likeness (QED) is 0.162. The summed E-state index contributed by atoms with van der Waals surface area (Å²) in [6, 6.07) is 14.9. The van der Waals surface area contributed by atoms with E-state index in [4.69, 9.17) is 14.2 Å². The highest BCUT2D eigenvalue weighted by Gasteiger charge is 2.22. The molecule has 2 saturated heterocycles. The number of rotatable bonds is 13. The monoisotopic (exact) mass is 886 g/mol. The van der Waals surface area contributed by atoms with Crippen molar-refractivity contribution in [2.45, 2.75) is 89.6 Å². The van der Waals surface area contributed by atoms with E-state index in [9.17, 15) is 14.0 Å². The first-order valence-electron chi connectivity index (χ1n) is 23.2. The molecule has 65 heavy (non-hydrogen) atoms. The molecule has 4 aliphatic heterocycles. The maximum atomic E-state index is 13.7.